The van der Waals surface area contributed by atoms with Gasteiger partial charge in [-0.2, -0.15) is 5.10 Å². The monoisotopic (exact) mass is 296 g/mol. The summed E-state index contributed by atoms with van der Waals surface area (Å²) in [6.07, 6.45) is 2.84. The zero-order valence-electron chi connectivity index (χ0n) is 11.8. The molecule has 0 aliphatic carbocycles. The molecule has 0 spiro atoms. The van der Waals surface area contributed by atoms with Gasteiger partial charge in [-0.25, -0.2) is 14.3 Å². The van der Waals surface area contributed by atoms with Crippen molar-refractivity contribution in [1.82, 2.24) is 19.9 Å². The molecular weight excluding hydrogens is 280 g/mol. The van der Waals surface area contributed by atoms with Crippen LogP contribution in [0.3, 0.4) is 0 Å². The first-order valence-corrected chi connectivity index (χ1v) is 6.63. The first kappa shape index (κ1) is 14.6. The highest BCUT2D eigenvalue weighted by Gasteiger charge is 2.20. The molecule has 2 aromatic rings. The van der Waals surface area contributed by atoms with E-state index in [4.69, 9.17) is 16.3 Å². The van der Waals surface area contributed by atoms with Crippen LogP contribution in [0, 0.1) is 0 Å². The van der Waals surface area contributed by atoms with E-state index < -0.39 is 11.7 Å². The zero-order valence-corrected chi connectivity index (χ0v) is 12.6. The van der Waals surface area contributed by atoms with Crippen LogP contribution < -0.4 is 5.32 Å². The molecule has 2 rings (SSSR count). The summed E-state index contributed by atoms with van der Waals surface area (Å²) >= 11 is 6.12. The highest BCUT2D eigenvalue weighted by Crippen LogP contribution is 2.22. The number of ether oxygens (including phenoxy) is 1. The number of rotatable bonds is 2. The van der Waals surface area contributed by atoms with Gasteiger partial charge in [0.05, 0.1) is 6.04 Å². The van der Waals surface area contributed by atoms with Gasteiger partial charge in [-0.1, -0.05) is 11.6 Å². The average Bonchev–Trinajstić information content (AvgIpc) is 2.71. The van der Waals surface area contributed by atoms with Crippen molar-refractivity contribution in [2.75, 3.05) is 0 Å². The first-order valence-electron chi connectivity index (χ1n) is 6.25. The normalized spacial score (nSPS) is 13.2. The molecule has 6 nitrogen and oxygen atoms in total. The number of imidazole rings is 1. The number of amides is 1. The molecule has 0 saturated heterocycles. The Kier molecular flexibility index (Phi) is 3.85. The second-order valence-corrected chi connectivity index (χ2v) is 5.85. The van der Waals surface area contributed by atoms with Gasteiger partial charge in [0, 0.05) is 18.0 Å². The molecule has 0 aliphatic rings. The van der Waals surface area contributed by atoms with Crippen molar-refractivity contribution in [2.24, 2.45) is 0 Å². The number of carbonyl (C=O) groups excluding carboxylic acids is 1. The average molecular weight is 297 g/mol. The molecular formula is C13H17ClN4O2. The summed E-state index contributed by atoms with van der Waals surface area (Å²) < 4.78 is 6.78. The van der Waals surface area contributed by atoms with Gasteiger partial charge in [0.2, 0.25) is 0 Å². The van der Waals surface area contributed by atoms with E-state index in [9.17, 15) is 4.79 Å². The van der Waals surface area contributed by atoms with Crippen molar-refractivity contribution in [1.29, 1.82) is 0 Å². The number of nitrogens with one attached hydrogen (secondary N) is 1. The quantitative estimate of drug-likeness (QED) is 0.925. The largest absolute Gasteiger partial charge is 0.444 e. The topological polar surface area (TPSA) is 68.5 Å². The van der Waals surface area contributed by atoms with Crippen LogP contribution in [0.15, 0.2) is 18.5 Å². The Hall–Kier alpha value is -1.82. The minimum atomic E-state index is -0.543. The van der Waals surface area contributed by atoms with Gasteiger partial charge in [-0.05, 0) is 33.8 Å². The van der Waals surface area contributed by atoms with E-state index in [1.165, 1.54) is 0 Å². The van der Waals surface area contributed by atoms with E-state index in [2.05, 4.69) is 15.4 Å². The third kappa shape index (κ3) is 3.39. The highest BCUT2D eigenvalue weighted by atomic mass is 35.5. The zero-order chi connectivity index (χ0) is 14.9. The van der Waals surface area contributed by atoms with Gasteiger partial charge < -0.3 is 10.1 Å². The third-order valence-corrected chi connectivity index (χ3v) is 2.86. The maximum absolute atomic E-state index is 11.7. The molecule has 0 saturated carbocycles. The fourth-order valence-electron chi connectivity index (χ4n) is 1.71. The number of aromatic nitrogens is 3. The Morgan fingerprint density at radius 1 is 1.50 bits per heavy atom. The minimum Gasteiger partial charge on any atom is -0.444 e. The lowest BCUT2D eigenvalue weighted by atomic mass is 10.1. The molecule has 0 aliphatic heterocycles. The minimum absolute atomic E-state index is 0.319. The van der Waals surface area contributed by atoms with Gasteiger partial charge >= 0.3 is 6.09 Å². The second-order valence-electron chi connectivity index (χ2n) is 5.49. The Morgan fingerprint density at radius 2 is 2.20 bits per heavy atom. The van der Waals surface area contributed by atoms with Crippen LogP contribution in [0.2, 0.25) is 5.15 Å². The molecule has 1 unspecified atom stereocenters. The van der Waals surface area contributed by atoms with Gasteiger partial charge in [-0.15, -0.1) is 0 Å². The molecule has 108 valence electrons. The van der Waals surface area contributed by atoms with Crippen LogP contribution in [0.4, 0.5) is 4.79 Å². The summed E-state index contributed by atoms with van der Waals surface area (Å²) in [6.45, 7) is 7.24. The van der Waals surface area contributed by atoms with E-state index in [1.54, 1.807) is 23.0 Å². The lowest BCUT2D eigenvalue weighted by Gasteiger charge is -2.22. The van der Waals surface area contributed by atoms with Crippen LogP contribution in [0.5, 0.6) is 0 Å². The molecule has 1 N–H and O–H groups in total. The fraction of sp³-hybridized carbons (Fsp3) is 0.462. The lowest BCUT2D eigenvalue weighted by Crippen LogP contribution is -2.34. The van der Waals surface area contributed by atoms with Crippen molar-refractivity contribution in [3.8, 4) is 0 Å². The fourth-order valence-corrected chi connectivity index (χ4v) is 2.01. The molecule has 1 atom stereocenters. The van der Waals surface area contributed by atoms with Crippen LogP contribution in [0.25, 0.3) is 5.65 Å². The van der Waals surface area contributed by atoms with E-state index in [1.807, 2.05) is 27.7 Å². The van der Waals surface area contributed by atoms with Crippen LogP contribution in [-0.4, -0.2) is 26.3 Å². The van der Waals surface area contributed by atoms with Gasteiger partial charge in [0.25, 0.3) is 0 Å². The number of hydrogen-bond donors (Lipinski definition) is 1. The lowest BCUT2D eigenvalue weighted by molar-refractivity contribution is 0.0508. The Balaban J connectivity index is 2.16. The molecule has 1 amide bonds. The maximum Gasteiger partial charge on any atom is 0.408 e. The van der Waals surface area contributed by atoms with E-state index >= 15 is 0 Å². The first-order chi connectivity index (χ1) is 9.26. The van der Waals surface area contributed by atoms with Crippen LogP contribution in [0.1, 0.15) is 39.3 Å². The second kappa shape index (κ2) is 5.28. The number of nitrogens with zero attached hydrogens (tertiary/aromatic N) is 3. The summed E-state index contributed by atoms with van der Waals surface area (Å²) in [5.41, 5.74) is 0.817. The molecule has 7 heteroatoms. The predicted molar refractivity (Wildman–Crippen MR) is 75.8 cm³/mol. The van der Waals surface area contributed by atoms with E-state index in [-0.39, 0.29) is 6.04 Å². The van der Waals surface area contributed by atoms with Gasteiger partial charge in [0.1, 0.15) is 5.60 Å². The molecule has 20 heavy (non-hydrogen) atoms. The molecule has 2 heterocycles. The smallest absolute Gasteiger partial charge is 0.408 e. The summed E-state index contributed by atoms with van der Waals surface area (Å²) in [5, 5.41) is 7.21. The summed E-state index contributed by atoms with van der Waals surface area (Å²) in [6, 6.07) is 1.46. The van der Waals surface area contributed by atoms with Crippen LogP contribution in [-0.2, 0) is 4.74 Å². The van der Waals surface area contributed by atoms with E-state index in [0.29, 0.717) is 16.4 Å². The Labute approximate surface area is 122 Å². The molecule has 0 radical (unpaired) electrons. The SMILES string of the molecule is CC(NC(=O)OC(C)(C)C)c1cc2nccn2nc1Cl. The number of halogens is 1. The number of hydrogen-bond acceptors (Lipinski definition) is 4. The molecule has 0 aromatic carbocycles. The Morgan fingerprint density at radius 3 is 2.85 bits per heavy atom. The van der Waals surface area contributed by atoms with Gasteiger partial charge in [-0.3, -0.25) is 0 Å². The summed E-state index contributed by atoms with van der Waals surface area (Å²) in [7, 11) is 0. The highest BCUT2D eigenvalue weighted by molar-refractivity contribution is 6.30. The van der Waals surface area contributed by atoms with Crippen molar-refractivity contribution in [2.45, 2.75) is 39.3 Å². The standard InChI is InChI=1S/C13H17ClN4O2/c1-8(16-12(19)20-13(2,3)4)9-7-10-15-5-6-18(10)17-11(9)14/h5-8H,1-4H3,(H,16,19). The van der Waals surface area contributed by atoms with E-state index in [0.717, 1.165) is 0 Å². The molecule has 2 aromatic heterocycles. The molecule has 0 bridgehead atoms. The van der Waals surface area contributed by atoms with Crippen molar-refractivity contribution in [3.05, 3.63) is 29.2 Å². The summed E-state index contributed by atoms with van der Waals surface area (Å²) in [4.78, 5) is 15.9. The predicted octanol–water partition coefficient (Wildman–Crippen LogP) is 2.97. The van der Waals surface area contributed by atoms with Crippen molar-refractivity contribution < 1.29 is 9.53 Å². The van der Waals surface area contributed by atoms with Gasteiger partial charge in [0.15, 0.2) is 10.8 Å². The van der Waals surface area contributed by atoms with Crippen molar-refractivity contribution in [3.63, 3.8) is 0 Å². The number of fused-ring (bicyclic) bond motifs is 1. The maximum atomic E-state index is 11.7. The number of alkyl carbamates (subject to hydrolysis) is 1. The van der Waals surface area contributed by atoms with Crippen molar-refractivity contribution >= 4 is 23.3 Å². The summed E-state index contributed by atoms with van der Waals surface area (Å²) in [5.74, 6) is 0. The third-order valence-electron chi connectivity index (χ3n) is 2.57. The molecule has 0 fully saturated rings. The Bertz CT molecular complexity index is 633. The van der Waals surface area contributed by atoms with Crippen LogP contribution >= 0.6 is 11.6 Å². The number of carbonyl (C=O) groups is 1.